The van der Waals surface area contributed by atoms with Crippen LogP contribution in [0.25, 0.3) is 0 Å². The number of thiophene rings is 1. The van der Waals surface area contributed by atoms with Gasteiger partial charge in [-0.2, -0.15) is 4.31 Å². The van der Waals surface area contributed by atoms with Crippen molar-refractivity contribution in [3.05, 3.63) is 46.3 Å². The number of anilines is 1. The lowest BCUT2D eigenvalue weighted by atomic mass is 9.99. The number of aryl methyl sites for hydroxylation is 1. The Morgan fingerprint density at radius 1 is 1.28 bits per heavy atom. The van der Waals surface area contributed by atoms with Gasteiger partial charge in [-0.3, -0.25) is 4.79 Å². The number of para-hydroxylation sites is 1. The highest BCUT2D eigenvalue weighted by Crippen LogP contribution is 2.29. The summed E-state index contributed by atoms with van der Waals surface area (Å²) in [5.41, 5.74) is 0.544. The molecule has 0 saturated carbocycles. The molecule has 134 valence electrons. The fourth-order valence-electron chi connectivity index (χ4n) is 2.85. The molecule has 0 radical (unpaired) electrons. The molecular formula is C17H19ClN2O3S2. The van der Waals surface area contributed by atoms with Gasteiger partial charge in [0.15, 0.2) is 0 Å². The molecule has 0 unspecified atom stereocenters. The van der Waals surface area contributed by atoms with E-state index in [0.29, 0.717) is 34.3 Å². The minimum absolute atomic E-state index is 0.190. The van der Waals surface area contributed by atoms with Crippen molar-refractivity contribution < 1.29 is 13.2 Å². The smallest absolute Gasteiger partial charge is 0.252 e. The molecule has 2 heterocycles. The molecule has 25 heavy (non-hydrogen) atoms. The minimum Gasteiger partial charge on any atom is -0.324 e. The van der Waals surface area contributed by atoms with Crippen LogP contribution in [0.1, 0.15) is 17.7 Å². The van der Waals surface area contributed by atoms with Crippen LogP contribution < -0.4 is 5.32 Å². The fraction of sp³-hybridized carbons (Fsp3) is 0.353. The Morgan fingerprint density at radius 2 is 2.04 bits per heavy atom. The second-order valence-corrected chi connectivity index (χ2v) is 9.90. The van der Waals surface area contributed by atoms with Gasteiger partial charge in [0.1, 0.15) is 4.21 Å². The minimum atomic E-state index is -3.54. The average Bonchev–Trinajstić information content (AvgIpc) is 3.04. The molecule has 1 aromatic heterocycles. The van der Waals surface area contributed by atoms with E-state index in [4.69, 9.17) is 11.6 Å². The van der Waals surface area contributed by atoms with Crippen LogP contribution in [0.15, 0.2) is 40.6 Å². The molecule has 1 N–H and O–H groups in total. The number of rotatable bonds is 4. The third-order valence-corrected chi connectivity index (χ3v) is 7.86. The van der Waals surface area contributed by atoms with Gasteiger partial charge in [-0.25, -0.2) is 8.42 Å². The molecule has 1 aromatic carbocycles. The number of carbonyl (C=O) groups is 1. The Hall–Kier alpha value is -1.41. The lowest BCUT2D eigenvalue weighted by Gasteiger charge is -2.30. The van der Waals surface area contributed by atoms with Crippen LogP contribution in [0.4, 0.5) is 5.69 Å². The standard InChI is InChI=1S/C17H19ClN2O3S2/c1-12-8-9-16(24-12)25(22,23)20-10-4-5-13(11-20)17(21)19-15-7-3-2-6-14(15)18/h2-3,6-9,13H,4-5,10-11H2,1H3,(H,19,21)/t13-/m0/s1. The van der Waals surface area contributed by atoms with Gasteiger partial charge in [0.25, 0.3) is 10.0 Å². The van der Waals surface area contributed by atoms with Crippen molar-refractivity contribution in [3.8, 4) is 0 Å². The molecule has 1 aliphatic rings. The van der Waals surface area contributed by atoms with Gasteiger partial charge in [-0.1, -0.05) is 23.7 Å². The predicted molar refractivity (Wildman–Crippen MR) is 101 cm³/mol. The topological polar surface area (TPSA) is 66.5 Å². The summed E-state index contributed by atoms with van der Waals surface area (Å²) in [6.45, 7) is 2.50. The van der Waals surface area contributed by atoms with Gasteiger partial charge in [-0.15, -0.1) is 11.3 Å². The van der Waals surface area contributed by atoms with E-state index in [0.717, 1.165) is 4.88 Å². The Labute approximate surface area is 156 Å². The van der Waals surface area contributed by atoms with E-state index in [-0.39, 0.29) is 18.4 Å². The van der Waals surface area contributed by atoms with Gasteiger partial charge in [0.05, 0.1) is 16.6 Å². The lowest BCUT2D eigenvalue weighted by Crippen LogP contribution is -2.43. The summed E-state index contributed by atoms with van der Waals surface area (Å²) in [4.78, 5) is 13.5. The van der Waals surface area contributed by atoms with Crippen LogP contribution in [0.5, 0.6) is 0 Å². The third-order valence-electron chi connectivity index (χ3n) is 4.20. The molecule has 8 heteroatoms. The Morgan fingerprint density at radius 3 is 2.72 bits per heavy atom. The van der Waals surface area contributed by atoms with Crippen molar-refractivity contribution in [3.63, 3.8) is 0 Å². The molecule has 0 aliphatic carbocycles. The Bertz CT molecular complexity index is 880. The number of piperidine rings is 1. The fourth-order valence-corrected chi connectivity index (χ4v) is 5.99. The second kappa shape index (κ2) is 7.45. The SMILES string of the molecule is Cc1ccc(S(=O)(=O)N2CCC[C@H](C(=O)Nc3ccccc3Cl)C2)s1. The zero-order chi connectivity index (χ0) is 18.0. The van der Waals surface area contributed by atoms with Gasteiger partial charge >= 0.3 is 0 Å². The summed E-state index contributed by atoms with van der Waals surface area (Å²) < 4.78 is 27.3. The molecule has 1 aliphatic heterocycles. The van der Waals surface area contributed by atoms with Gasteiger partial charge in [0.2, 0.25) is 5.91 Å². The maximum Gasteiger partial charge on any atom is 0.252 e. The van der Waals surface area contributed by atoms with Crippen LogP contribution in [-0.4, -0.2) is 31.7 Å². The number of benzene rings is 1. The molecular weight excluding hydrogens is 380 g/mol. The maximum atomic E-state index is 12.8. The molecule has 1 saturated heterocycles. The van der Waals surface area contributed by atoms with Crippen molar-refractivity contribution in [1.29, 1.82) is 0 Å². The molecule has 0 bridgehead atoms. The molecule has 5 nitrogen and oxygen atoms in total. The number of hydrogen-bond donors (Lipinski definition) is 1. The van der Waals surface area contributed by atoms with Crippen LogP contribution in [0, 0.1) is 12.8 Å². The van der Waals surface area contributed by atoms with Crippen molar-refractivity contribution >= 4 is 44.6 Å². The van der Waals surface area contributed by atoms with Crippen LogP contribution in [0.2, 0.25) is 5.02 Å². The highest BCUT2D eigenvalue weighted by molar-refractivity contribution is 7.91. The van der Waals surface area contributed by atoms with Crippen LogP contribution >= 0.6 is 22.9 Å². The van der Waals surface area contributed by atoms with Crippen molar-refractivity contribution in [2.24, 2.45) is 5.92 Å². The summed E-state index contributed by atoms with van der Waals surface area (Å²) in [7, 11) is -3.54. The predicted octanol–water partition coefficient (Wildman–Crippen LogP) is 3.75. The monoisotopic (exact) mass is 398 g/mol. The van der Waals surface area contributed by atoms with E-state index in [9.17, 15) is 13.2 Å². The second-order valence-electron chi connectivity index (χ2n) is 6.04. The molecule has 0 spiro atoms. The molecule has 1 atom stereocenters. The first-order valence-electron chi connectivity index (χ1n) is 8.00. The first-order chi connectivity index (χ1) is 11.9. The normalized spacial score (nSPS) is 18.9. The number of amides is 1. The quantitative estimate of drug-likeness (QED) is 0.852. The molecule has 1 amide bonds. The maximum absolute atomic E-state index is 12.8. The van der Waals surface area contributed by atoms with Gasteiger partial charge in [0, 0.05) is 18.0 Å². The van der Waals surface area contributed by atoms with Crippen molar-refractivity contribution in [2.45, 2.75) is 24.0 Å². The van der Waals surface area contributed by atoms with Gasteiger partial charge in [-0.05, 0) is 44.0 Å². The first kappa shape index (κ1) is 18.4. The van der Waals surface area contributed by atoms with Crippen LogP contribution in [-0.2, 0) is 14.8 Å². The van der Waals surface area contributed by atoms with Crippen molar-refractivity contribution in [1.82, 2.24) is 4.31 Å². The molecule has 1 fully saturated rings. The van der Waals surface area contributed by atoms with Crippen molar-refractivity contribution in [2.75, 3.05) is 18.4 Å². The average molecular weight is 399 g/mol. The van der Waals surface area contributed by atoms with E-state index in [1.807, 2.05) is 6.92 Å². The first-order valence-corrected chi connectivity index (χ1v) is 10.6. The third kappa shape index (κ3) is 4.06. The number of sulfonamides is 1. The van der Waals surface area contributed by atoms with E-state index in [1.54, 1.807) is 36.4 Å². The summed E-state index contributed by atoms with van der Waals surface area (Å²) in [5.74, 6) is -0.587. The van der Waals surface area contributed by atoms with E-state index >= 15 is 0 Å². The highest BCUT2D eigenvalue weighted by atomic mass is 35.5. The summed E-state index contributed by atoms with van der Waals surface area (Å²) in [5, 5.41) is 3.27. The van der Waals surface area contributed by atoms with E-state index < -0.39 is 10.0 Å². The number of hydrogen-bond acceptors (Lipinski definition) is 4. The lowest BCUT2D eigenvalue weighted by molar-refractivity contribution is -0.120. The Kier molecular flexibility index (Phi) is 5.48. The van der Waals surface area contributed by atoms with Gasteiger partial charge < -0.3 is 5.32 Å². The Balaban J connectivity index is 1.73. The van der Waals surface area contributed by atoms with Crippen LogP contribution in [0.3, 0.4) is 0 Å². The van der Waals surface area contributed by atoms with E-state index in [1.165, 1.54) is 15.6 Å². The number of nitrogens with one attached hydrogen (secondary N) is 1. The number of halogens is 1. The highest BCUT2D eigenvalue weighted by Gasteiger charge is 2.34. The summed E-state index contributed by atoms with van der Waals surface area (Å²) in [6, 6.07) is 10.4. The summed E-state index contributed by atoms with van der Waals surface area (Å²) in [6.07, 6.45) is 1.32. The summed E-state index contributed by atoms with van der Waals surface area (Å²) >= 11 is 7.33. The number of nitrogens with zero attached hydrogens (tertiary/aromatic N) is 1. The molecule has 3 rings (SSSR count). The number of carbonyl (C=O) groups excluding carboxylic acids is 1. The van der Waals surface area contributed by atoms with E-state index in [2.05, 4.69) is 5.32 Å². The molecule has 2 aromatic rings. The zero-order valence-corrected chi connectivity index (χ0v) is 16.1. The zero-order valence-electron chi connectivity index (χ0n) is 13.7. The largest absolute Gasteiger partial charge is 0.324 e.